The fourth-order valence-electron chi connectivity index (χ4n) is 5.87. The van der Waals surface area contributed by atoms with Gasteiger partial charge in [-0.05, 0) is 87.8 Å². The Kier molecular flexibility index (Phi) is 19.0. The molecule has 0 atom stereocenters. The summed E-state index contributed by atoms with van der Waals surface area (Å²) in [5.41, 5.74) is 9.97. The van der Waals surface area contributed by atoms with Crippen LogP contribution in [-0.2, 0) is 25.3 Å². The fourth-order valence-corrected chi connectivity index (χ4v) is 6.08. The monoisotopic (exact) mass is 797 g/mol. The highest BCUT2D eigenvalue weighted by atomic mass is 35.5. The van der Waals surface area contributed by atoms with E-state index in [0.29, 0.717) is 12.3 Å². The van der Waals surface area contributed by atoms with Crippen molar-refractivity contribution in [2.75, 3.05) is 56.6 Å². The Hall–Kier alpha value is -5.26. The molecular weight excluding hydrogens is 747 g/mol. The van der Waals surface area contributed by atoms with Crippen molar-refractivity contribution in [2.45, 2.75) is 25.3 Å². The number of alkyl halides is 1. The zero-order valence-electron chi connectivity index (χ0n) is 33.3. The Balaban J connectivity index is 0.000000277. The summed E-state index contributed by atoms with van der Waals surface area (Å²) < 4.78 is 21.7. The molecule has 56 heavy (non-hydrogen) atoms. The lowest BCUT2D eigenvalue weighted by molar-refractivity contribution is -0.0000128. The first-order chi connectivity index (χ1) is 26.8. The molecular formula is C44H51Cl2N6O4-. The van der Waals surface area contributed by atoms with Gasteiger partial charge in [-0.3, -0.25) is 0 Å². The number of methoxy groups -OCH3 is 4. The number of benzene rings is 4. The van der Waals surface area contributed by atoms with Crippen molar-refractivity contribution in [1.29, 1.82) is 0 Å². The van der Waals surface area contributed by atoms with Gasteiger partial charge in [-0.2, -0.15) is 0 Å². The van der Waals surface area contributed by atoms with Crippen molar-refractivity contribution >= 4 is 11.6 Å². The number of hydrogen-bond acceptors (Lipinski definition) is 10. The molecule has 296 valence electrons. The first kappa shape index (κ1) is 45.1. The zero-order valence-corrected chi connectivity index (χ0v) is 34.9. The summed E-state index contributed by atoms with van der Waals surface area (Å²) in [4.78, 5) is 19.8. The van der Waals surface area contributed by atoms with Crippen LogP contribution in [0, 0.1) is 0 Å². The van der Waals surface area contributed by atoms with Gasteiger partial charge in [0, 0.05) is 53.0 Å². The second kappa shape index (κ2) is 23.6. The van der Waals surface area contributed by atoms with Crippen molar-refractivity contribution in [3.05, 3.63) is 143 Å². The quantitative estimate of drug-likeness (QED) is 0.158. The van der Waals surface area contributed by atoms with Gasteiger partial charge in [-0.25, -0.2) is 19.9 Å². The Bertz CT molecular complexity index is 2100. The van der Waals surface area contributed by atoms with E-state index in [2.05, 4.69) is 62.4 Å². The zero-order chi connectivity index (χ0) is 39.6. The molecule has 2 aromatic heterocycles. The second-order valence-corrected chi connectivity index (χ2v) is 13.0. The smallest absolute Gasteiger partial charge is 0.128 e. The van der Waals surface area contributed by atoms with Gasteiger partial charge in [0.05, 0.1) is 45.7 Å². The minimum absolute atomic E-state index is 0. The SMILES string of the molecule is CNC.COc1ccc(Cc2cc(-c3ccccc3OC)ncn2)cc1CCl.COc1ccc(Cc2cc(-c3ccccc3OC)ncn2)cc1CN(C)C.[Cl-]. The van der Waals surface area contributed by atoms with Crippen molar-refractivity contribution in [1.82, 2.24) is 30.2 Å². The van der Waals surface area contributed by atoms with E-state index in [1.807, 2.05) is 93.0 Å². The largest absolute Gasteiger partial charge is 1.00 e. The molecule has 0 radical (unpaired) electrons. The summed E-state index contributed by atoms with van der Waals surface area (Å²) in [6, 6.07) is 32.0. The predicted octanol–water partition coefficient (Wildman–Crippen LogP) is 5.14. The van der Waals surface area contributed by atoms with Crippen molar-refractivity contribution in [2.24, 2.45) is 0 Å². The predicted molar refractivity (Wildman–Crippen MR) is 222 cm³/mol. The number of nitrogens with zero attached hydrogens (tertiary/aromatic N) is 5. The molecule has 6 aromatic rings. The van der Waals surface area contributed by atoms with Crippen LogP contribution in [-0.4, -0.2) is 81.5 Å². The van der Waals surface area contributed by atoms with Crippen LogP contribution in [0.4, 0.5) is 0 Å². The molecule has 0 amide bonds. The van der Waals surface area contributed by atoms with Crippen molar-refractivity contribution in [3.63, 3.8) is 0 Å². The van der Waals surface area contributed by atoms with Crippen LogP contribution in [0.1, 0.15) is 33.6 Å². The van der Waals surface area contributed by atoms with Crippen LogP contribution in [0.5, 0.6) is 23.0 Å². The van der Waals surface area contributed by atoms with Gasteiger partial charge in [0.1, 0.15) is 35.7 Å². The molecule has 0 saturated carbocycles. The normalized spacial score (nSPS) is 10.2. The van der Waals surface area contributed by atoms with Crippen LogP contribution in [0.2, 0.25) is 0 Å². The van der Waals surface area contributed by atoms with E-state index >= 15 is 0 Å². The molecule has 0 aliphatic heterocycles. The minimum Gasteiger partial charge on any atom is -1.00 e. The van der Waals surface area contributed by atoms with Crippen LogP contribution < -0.4 is 36.7 Å². The van der Waals surface area contributed by atoms with E-state index in [9.17, 15) is 0 Å². The number of para-hydroxylation sites is 2. The average Bonchev–Trinajstić information content (AvgIpc) is 3.21. The Morgan fingerprint density at radius 1 is 0.554 bits per heavy atom. The summed E-state index contributed by atoms with van der Waals surface area (Å²) in [6.45, 7) is 0.827. The average molecular weight is 799 g/mol. The van der Waals surface area contributed by atoms with Crippen molar-refractivity contribution in [3.8, 4) is 45.5 Å². The van der Waals surface area contributed by atoms with E-state index < -0.39 is 0 Å². The second-order valence-electron chi connectivity index (χ2n) is 12.7. The summed E-state index contributed by atoms with van der Waals surface area (Å²) >= 11 is 6.00. The molecule has 0 bridgehead atoms. The van der Waals surface area contributed by atoms with Gasteiger partial charge in [0.25, 0.3) is 0 Å². The molecule has 0 saturated heterocycles. The first-order valence-electron chi connectivity index (χ1n) is 17.8. The summed E-state index contributed by atoms with van der Waals surface area (Å²) in [5.74, 6) is 3.72. The van der Waals surface area contributed by atoms with E-state index in [0.717, 1.165) is 81.0 Å². The molecule has 1 N–H and O–H groups in total. The minimum atomic E-state index is 0. The third kappa shape index (κ3) is 12.9. The lowest BCUT2D eigenvalue weighted by Crippen LogP contribution is -3.00. The molecule has 12 heteroatoms. The molecule has 2 heterocycles. The van der Waals surface area contributed by atoms with Gasteiger partial charge >= 0.3 is 0 Å². The lowest BCUT2D eigenvalue weighted by Gasteiger charge is -2.15. The maximum absolute atomic E-state index is 6.00. The van der Waals surface area contributed by atoms with Crippen LogP contribution in [0.15, 0.2) is 110 Å². The van der Waals surface area contributed by atoms with Gasteiger partial charge < -0.3 is 41.6 Å². The third-order valence-corrected chi connectivity index (χ3v) is 8.59. The molecule has 6 rings (SSSR count). The first-order valence-corrected chi connectivity index (χ1v) is 18.3. The lowest BCUT2D eigenvalue weighted by atomic mass is 10.0. The molecule has 0 unspecified atom stereocenters. The summed E-state index contributed by atoms with van der Waals surface area (Å²) in [7, 11) is 14.5. The van der Waals surface area contributed by atoms with Gasteiger partial charge in [-0.15, -0.1) is 11.6 Å². The van der Waals surface area contributed by atoms with Crippen LogP contribution in [0.25, 0.3) is 22.5 Å². The highest BCUT2D eigenvalue weighted by molar-refractivity contribution is 6.17. The fraction of sp³-hybridized carbons (Fsp3) is 0.273. The Morgan fingerprint density at radius 3 is 1.38 bits per heavy atom. The number of nitrogens with one attached hydrogen (secondary N) is 1. The standard InChI is InChI=1S/C22H25N3O2.C20H19ClN2O2.C2H7N.ClH/c1-25(2)14-17-11-16(9-10-21(17)26-3)12-18-13-20(24-15-23-18)19-7-5-6-8-22(19)27-4;1-24-19-8-7-14(9-15(19)12-21)10-16-11-18(23-13-22-16)17-5-3-4-6-20(17)25-2;1-3-2;/h5-11,13,15H,12,14H2,1-4H3;3-9,11,13H,10,12H2,1-2H3;3H,1-2H3;1H/p-1. The highest BCUT2D eigenvalue weighted by Crippen LogP contribution is 2.30. The Morgan fingerprint density at radius 2 is 0.964 bits per heavy atom. The molecule has 0 fully saturated rings. The molecule has 0 spiro atoms. The molecule has 10 nitrogen and oxygen atoms in total. The van der Waals surface area contributed by atoms with Crippen LogP contribution >= 0.6 is 11.6 Å². The maximum atomic E-state index is 6.00. The van der Waals surface area contributed by atoms with E-state index in [4.69, 9.17) is 30.5 Å². The van der Waals surface area contributed by atoms with Gasteiger partial charge in [0.2, 0.25) is 0 Å². The van der Waals surface area contributed by atoms with Gasteiger partial charge in [-0.1, -0.05) is 48.5 Å². The molecule has 0 aliphatic rings. The van der Waals surface area contributed by atoms with E-state index in [-0.39, 0.29) is 12.4 Å². The van der Waals surface area contributed by atoms with Crippen LogP contribution in [0.3, 0.4) is 0 Å². The highest BCUT2D eigenvalue weighted by Gasteiger charge is 2.12. The number of halogens is 2. The van der Waals surface area contributed by atoms with E-state index in [1.165, 1.54) is 11.1 Å². The van der Waals surface area contributed by atoms with Gasteiger partial charge in [0.15, 0.2) is 0 Å². The molecule has 4 aromatic carbocycles. The number of aromatic nitrogens is 4. The topological polar surface area (TPSA) is 104 Å². The summed E-state index contributed by atoms with van der Waals surface area (Å²) in [6.07, 6.45) is 4.62. The number of hydrogen-bond donors (Lipinski definition) is 1. The number of rotatable bonds is 13. The van der Waals surface area contributed by atoms with Crippen molar-refractivity contribution < 1.29 is 31.4 Å². The Labute approximate surface area is 342 Å². The third-order valence-electron chi connectivity index (χ3n) is 8.30. The maximum Gasteiger partial charge on any atom is 0.128 e. The van der Waals surface area contributed by atoms with E-state index in [1.54, 1.807) is 41.1 Å². The summed E-state index contributed by atoms with van der Waals surface area (Å²) in [5, 5.41) is 2.75. The number of ether oxygens (including phenoxy) is 4. The molecule has 0 aliphatic carbocycles.